The first-order valence-corrected chi connectivity index (χ1v) is 10.3. The van der Waals surface area contributed by atoms with Crippen molar-refractivity contribution in [3.63, 3.8) is 0 Å². The number of para-hydroxylation sites is 1. The molecule has 0 aromatic heterocycles. The van der Waals surface area contributed by atoms with Gasteiger partial charge in [-0.25, -0.2) is 0 Å². The molecule has 1 N–H and O–H groups in total. The summed E-state index contributed by atoms with van der Waals surface area (Å²) >= 11 is 0. The highest BCUT2D eigenvalue weighted by atomic mass is 16.5. The van der Waals surface area contributed by atoms with E-state index in [1.165, 1.54) is 0 Å². The number of hydrogen-bond acceptors (Lipinski definition) is 4. The van der Waals surface area contributed by atoms with E-state index in [2.05, 4.69) is 5.32 Å². The smallest absolute Gasteiger partial charge is 0.262 e. The molecule has 4 rings (SSSR count). The molecule has 2 aliphatic heterocycles. The second kappa shape index (κ2) is 8.98. The molecule has 0 aliphatic carbocycles. The molecule has 0 radical (unpaired) electrons. The number of nitrogens with zero attached hydrogens (tertiary/aromatic N) is 2. The molecule has 0 saturated carbocycles. The van der Waals surface area contributed by atoms with Crippen molar-refractivity contribution in [3.8, 4) is 5.75 Å². The number of anilines is 2. The summed E-state index contributed by atoms with van der Waals surface area (Å²) in [6, 6.07) is 14.2. The maximum Gasteiger partial charge on any atom is 0.262 e. The van der Waals surface area contributed by atoms with Crippen LogP contribution in [0.5, 0.6) is 5.75 Å². The number of amides is 3. The van der Waals surface area contributed by atoms with Gasteiger partial charge in [0, 0.05) is 31.7 Å². The van der Waals surface area contributed by atoms with E-state index in [9.17, 15) is 14.4 Å². The number of likely N-dealkylation sites (tertiary alicyclic amines) is 1. The van der Waals surface area contributed by atoms with E-state index >= 15 is 0 Å². The Kier molecular flexibility index (Phi) is 5.97. The van der Waals surface area contributed by atoms with Crippen LogP contribution in [0.15, 0.2) is 48.5 Å². The largest absolute Gasteiger partial charge is 0.484 e. The van der Waals surface area contributed by atoms with Crippen LogP contribution in [-0.4, -0.2) is 48.9 Å². The van der Waals surface area contributed by atoms with Crippen LogP contribution in [0.1, 0.15) is 36.0 Å². The average Bonchev–Trinajstić information content (AvgIpc) is 3.45. The quantitative estimate of drug-likeness (QED) is 0.798. The van der Waals surface area contributed by atoms with E-state index < -0.39 is 0 Å². The van der Waals surface area contributed by atoms with Gasteiger partial charge in [-0.1, -0.05) is 12.1 Å². The fourth-order valence-electron chi connectivity index (χ4n) is 3.85. The normalized spacial score (nSPS) is 16.1. The predicted octanol–water partition coefficient (Wildman–Crippen LogP) is 3.07. The van der Waals surface area contributed by atoms with Crippen LogP contribution in [0.4, 0.5) is 11.4 Å². The summed E-state index contributed by atoms with van der Waals surface area (Å²) in [6.07, 6.45) is 3.48. The fourth-order valence-corrected chi connectivity index (χ4v) is 3.85. The molecule has 7 nitrogen and oxygen atoms in total. The van der Waals surface area contributed by atoms with Crippen molar-refractivity contribution < 1.29 is 19.1 Å². The Morgan fingerprint density at radius 1 is 0.933 bits per heavy atom. The van der Waals surface area contributed by atoms with Gasteiger partial charge < -0.3 is 19.9 Å². The van der Waals surface area contributed by atoms with Gasteiger partial charge in [0.25, 0.3) is 11.8 Å². The molecule has 2 saturated heterocycles. The first-order valence-electron chi connectivity index (χ1n) is 10.3. The lowest BCUT2D eigenvalue weighted by atomic mass is 10.1. The van der Waals surface area contributed by atoms with E-state index in [1.807, 2.05) is 17.0 Å². The first kappa shape index (κ1) is 19.9. The summed E-state index contributed by atoms with van der Waals surface area (Å²) in [4.78, 5) is 40.5. The van der Waals surface area contributed by atoms with Crippen LogP contribution in [0, 0.1) is 0 Å². The van der Waals surface area contributed by atoms with Crippen molar-refractivity contribution >= 4 is 29.1 Å². The van der Waals surface area contributed by atoms with Gasteiger partial charge >= 0.3 is 0 Å². The highest BCUT2D eigenvalue weighted by molar-refractivity contribution is 6.04. The molecular weight excluding hydrogens is 382 g/mol. The van der Waals surface area contributed by atoms with Crippen LogP contribution in [0.25, 0.3) is 0 Å². The third-order valence-electron chi connectivity index (χ3n) is 5.42. The van der Waals surface area contributed by atoms with Crippen molar-refractivity contribution in [2.24, 2.45) is 0 Å². The Morgan fingerprint density at radius 2 is 1.67 bits per heavy atom. The van der Waals surface area contributed by atoms with Crippen molar-refractivity contribution in [1.82, 2.24) is 4.90 Å². The minimum absolute atomic E-state index is 0.0589. The molecule has 30 heavy (non-hydrogen) atoms. The Bertz CT molecular complexity index is 936. The van der Waals surface area contributed by atoms with Gasteiger partial charge in [0.05, 0.1) is 11.3 Å². The predicted molar refractivity (Wildman–Crippen MR) is 114 cm³/mol. The summed E-state index contributed by atoms with van der Waals surface area (Å²) in [5.41, 5.74) is 1.82. The molecule has 3 amide bonds. The zero-order valence-corrected chi connectivity index (χ0v) is 16.8. The molecule has 156 valence electrons. The molecule has 2 heterocycles. The van der Waals surface area contributed by atoms with Crippen molar-refractivity contribution in [2.45, 2.75) is 25.7 Å². The fraction of sp³-hybridized carbons (Fsp3) is 0.348. The molecule has 7 heteroatoms. The van der Waals surface area contributed by atoms with E-state index in [0.29, 0.717) is 23.4 Å². The van der Waals surface area contributed by atoms with E-state index in [1.54, 1.807) is 41.3 Å². The van der Waals surface area contributed by atoms with Crippen LogP contribution < -0.4 is 15.0 Å². The molecule has 2 fully saturated rings. The Labute approximate surface area is 175 Å². The molecule has 0 atom stereocenters. The lowest BCUT2D eigenvalue weighted by molar-refractivity contribution is -0.118. The molecule has 2 aromatic rings. The second-order valence-electron chi connectivity index (χ2n) is 7.52. The topological polar surface area (TPSA) is 79.0 Å². The van der Waals surface area contributed by atoms with E-state index in [0.717, 1.165) is 44.6 Å². The Balaban J connectivity index is 1.34. The van der Waals surface area contributed by atoms with Crippen molar-refractivity contribution in [2.75, 3.05) is 36.5 Å². The van der Waals surface area contributed by atoms with Crippen LogP contribution in [0.3, 0.4) is 0 Å². The summed E-state index contributed by atoms with van der Waals surface area (Å²) in [5.74, 6) is 0.277. The molecule has 0 spiro atoms. The monoisotopic (exact) mass is 407 g/mol. The molecule has 0 bridgehead atoms. The summed E-state index contributed by atoms with van der Waals surface area (Å²) < 4.78 is 5.57. The number of ether oxygens (including phenoxy) is 1. The molecule has 2 aromatic carbocycles. The number of carbonyl (C=O) groups excluding carboxylic acids is 3. The summed E-state index contributed by atoms with van der Waals surface area (Å²) in [5, 5.41) is 2.78. The minimum atomic E-state index is -0.338. The SMILES string of the molecule is O=C(COc1ccc(N2CCCC2=O)cc1)Nc1ccccc1C(=O)N1CCCC1. The number of hydrogen-bond donors (Lipinski definition) is 1. The van der Waals surface area contributed by atoms with Crippen LogP contribution >= 0.6 is 0 Å². The van der Waals surface area contributed by atoms with Gasteiger partial charge in [-0.05, 0) is 55.7 Å². The third kappa shape index (κ3) is 4.45. The van der Waals surface area contributed by atoms with E-state index in [-0.39, 0.29) is 24.3 Å². The maximum atomic E-state index is 12.7. The van der Waals surface area contributed by atoms with Gasteiger partial charge in [0.2, 0.25) is 5.91 Å². The van der Waals surface area contributed by atoms with Crippen LogP contribution in [0.2, 0.25) is 0 Å². The van der Waals surface area contributed by atoms with Crippen molar-refractivity contribution in [1.29, 1.82) is 0 Å². The highest BCUT2D eigenvalue weighted by Crippen LogP contribution is 2.24. The van der Waals surface area contributed by atoms with Gasteiger partial charge in [0.1, 0.15) is 5.75 Å². The lowest BCUT2D eigenvalue weighted by Crippen LogP contribution is -2.29. The third-order valence-corrected chi connectivity index (χ3v) is 5.42. The van der Waals surface area contributed by atoms with Gasteiger partial charge in [-0.2, -0.15) is 0 Å². The minimum Gasteiger partial charge on any atom is -0.484 e. The van der Waals surface area contributed by atoms with E-state index in [4.69, 9.17) is 4.74 Å². The molecule has 0 unspecified atom stereocenters. The zero-order valence-electron chi connectivity index (χ0n) is 16.8. The lowest BCUT2D eigenvalue weighted by Gasteiger charge is -2.18. The highest BCUT2D eigenvalue weighted by Gasteiger charge is 2.23. The number of nitrogens with one attached hydrogen (secondary N) is 1. The number of carbonyl (C=O) groups is 3. The van der Waals surface area contributed by atoms with Crippen molar-refractivity contribution in [3.05, 3.63) is 54.1 Å². The Hall–Kier alpha value is -3.35. The summed E-state index contributed by atoms with van der Waals surface area (Å²) in [7, 11) is 0. The number of rotatable bonds is 6. The second-order valence-corrected chi connectivity index (χ2v) is 7.52. The van der Waals surface area contributed by atoms with Crippen LogP contribution in [-0.2, 0) is 9.59 Å². The molecular formula is C23H25N3O4. The zero-order chi connectivity index (χ0) is 20.9. The first-order chi connectivity index (χ1) is 14.6. The maximum absolute atomic E-state index is 12.7. The standard InChI is InChI=1S/C23H25N3O4/c27-21(16-30-18-11-9-17(10-12-18)26-15-5-8-22(26)28)24-20-7-2-1-6-19(20)23(29)25-13-3-4-14-25/h1-2,6-7,9-12H,3-5,8,13-16H2,(H,24,27). The van der Waals surface area contributed by atoms with Gasteiger partial charge in [0.15, 0.2) is 6.61 Å². The number of benzene rings is 2. The molecule has 2 aliphatic rings. The van der Waals surface area contributed by atoms with Gasteiger partial charge in [-0.3, -0.25) is 14.4 Å². The average molecular weight is 407 g/mol. The van der Waals surface area contributed by atoms with Gasteiger partial charge in [-0.15, -0.1) is 0 Å². The summed E-state index contributed by atoms with van der Waals surface area (Å²) in [6.45, 7) is 2.07. The Morgan fingerprint density at radius 3 is 2.37 bits per heavy atom.